The molecule has 0 bridgehead atoms. The summed E-state index contributed by atoms with van der Waals surface area (Å²) in [5, 5.41) is 7.37. The van der Waals surface area contributed by atoms with Crippen LogP contribution in [0.2, 0.25) is 10.0 Å². The number of benzene rings is 2. The standard InChI is InChI=1S/C19H17Cl2N3O2/c20-13-5-4-12(16(21)8-13)10-24-17-7-6-14(9-15(17)19(26)23-24)22-18(25)11-2-1-3-11/h4-9,11H,1-3,10H2,(H,22,25)(H,23,26). The molecule has 1 amide bonds. The van der Waals surface area contributed by atoms with Gasteiger partial charge in [0.15, 0.2) is 0 Å². The van der Waals surface area contributed by atoms with Gasteiger partial charge in [-0.25, -0.2) is 0 Å². The molecule has 0 radical (unpaired) electrons. The first-order valence-electron chi connectivity index (χ1n) is 8.48. The van der Waals surface area contributed by atoms with Crippen molar-refractivity contribution in [2.24, 2.45) is 5.92 Å². The Labute approximate surface area is 159 Å². The monoisotopic (exact) mass is 389 g/mol. The maximum absolute atomic E-state index is 12.3. The summed E-state index contributed by atoms with van der Waals surface area (Å²) in [7, 11) is 0. The molecule has 1 fully saturated rings. The molecule has 7 heteroatoms. The first kappa shape index (κ1) is 17.2. The van der Waals surface area contributed by atoms with Crippen LogP contribution in [-0.4, -0.2) is 15.7 Å². The van der Waals surface area contributed by atoms with Crippen LogP contribution in [0.25, 0.3) is 10.9 Å². The Kier molecular flexibility index (Phi) is 4.51. The predicted molar refractivity (Wildman–Crippen MR) is 104 cm³/mol. The normalized spacial score (nSPS) is 14.4. The van der Waals surface area contributed by atoms with E-state index in [-0.39, 0.29) is 17.4 Å². The Morgan fingerprint density at radius 3 is 2.69 bits per heavy atom. The number of carbonyl (C=O) groups excluding carboxylic acids is 1. The molecule has 1 saturated carbocycles. The van der Waals surface area contributed by atoms with Crippen LogP contribution >= 0.6 is 23.2 Å². The predicted octanol–water partition coefficient (Wildman–Crippen LogP) is 4.42. The van der Waals surface area contributed by atoms with Crippen LogP contribution in [0.4, 0.5) is 5.69 Å². The van der Waals surface area contributed by atoms with Gasteiger partial charge in [-0.3, -0.25) is 19.4 Å². The molecule has 4 rings (SSSR count). The van der Waals surface area contributed by atoms with Crippen molar-refractivity contribution in [1.29, 1.82) is 0 Å². The van der Waals surface area contributed by atoms with Crippen molar-refractivity contribution < 1.29 is 4.79 Å². The highest BCUT2D eigenvalue weighted by Gasteiger charge is 2.25. The molecule has 2 aromatic carbocycles. The third-order valence-corrected chi connectivity index (χ3v) is 5.44. The molecule has 0 saturated heterocycles. The Bertz CT molecular complexity index is 1050. The summed E-state index contributed by atoms with van der Waals surface area (Å²) in [5.74, 6) is 0.125. The second-order valence-electron chi connectivity index (χ2n) is 6.61. The van der Waals surface area contributed by atoms with Gasteiger partial charge in [0.2, 0.25) is 5.91 Å². The fraction of sp³-hybridized carbons (Fsp3) is 0.263. The number of amides is 1. The van der Waals surface area contributed by atoms with Crippen LogP contribution in [0.3, 0.4) is 0 Å². The number of hydrogen-bond donors (Lipinski definition) is 2. The van der Waals surface area contributed by atoms with Gasteiger partial charge in [-0.05, 0) is 48.7 Å². The molecule has 5 nitrogen and oxygen atoms in total. The zero-order valence-electron chi connectivity index (χ0n) is 13.9. The summed E-state index contributed by atoms with van der Waals surface area (Å²) in [4.78, 5) is 24.4. The summed E-state index contributed by atoms with van der Waals surface area (Å²) in [6.45, 7) is 0.419. The summed E-state index contributed by atoms with van der Waals surface area (Å²) in [6.07, 6.45) is 2.98. The second kappa shape index (κ2) is 6.82. The van der Waals surface area contributed by atoms with Crippen molar-refractivity contribution in [2.75, 3.05) is 5.32 Å². The lowest BCUT2D eigenvalue weighted by molar-refractivity contribution is -0.122. The van der Waals surface area contributed by atoms with E-state index in [1.165, 1.54) is 0 Å². The van der Waals surface area contributed by atoms with Gasteiger partial charge in [-0.15, -0.1) is 0 Å². The van der Waals surface area contributed by atoms with Gasteiger partial charge in [0.25, 0.3) is 5.56 Å². The van der Waals surface area contributed by atoms with Crippen LogP contribution in [-0.2, 0) is 11.3 Å². The van der Waals surface area contributed by atoms with Crippen LogP contribution in [0.5, 0.6) is 0 Å². The van der Waals surface area contributed by atoms with Gasteiger partial charge in [0.1, 0.15) is 0 Å². The average Bonchev–Trinajstić information content (AvgIpc) is 2.84. The number of aromatic amines is 1. The van der Waals surface area contributed by atoms with E-state index in [1.807, 2.05) is 18.2 Å². The van der Waals surface area contributed by atoms with Crippen molar-refractivity contribution >= 4 is 45.7 Å². The van der Waals surface area contributed by atoms with Gasteiger partial charge in [0.05, 0.1) is 17.4 Å². The number of rotatable bonds is 4. The molecule has 1 aliphatic carbocycles. The molecule has 1 aromatic heterocycles. The molecule has 0 unspecified atom stereocenters. The number of fused-ring (bicyclic) bond motifs is 1. The fourth-order valence-electron chi connectivity index (χ4n) is 3.13. The molecule has 0 aliphatic heterocycles. The lowest BCUT2D eigenvalue weighted by Gasteiger charge is -2.24. The Morgan fingerprint density at radius 2 is 2.00 bits per heavy atom. The number of carbonyl (C=O) groups is 1. The first-order chi connectivity index (χ1) is 12.5. The van der Waals surface area contributed by atoms with Crippen LogP contribution in [0.1, 0.15) is 24.8 Å². The SMILES string of the molecule is O=C(Nc1ccc2c(c1)c(=O)[nH]n2Cc1ccc(Cl)cc1Cl)C1CCC1. The summed E-state index contributed by atoms with van der Waals surface area (Å²) < 4.78 is 1.74. The molecule has 2 N–H and O–H groups in total. The fourth-order valence-corrected chi connectivity index (χ4v) is 3.60. The minimum atomic E-state index is -0.204. The van der Waals surface area contributed by atoms with Crippen molar-refractivity contribution in [3.05, 3.63) is 62.4 Å². The highest BCUT2D eigenvalue weighted by Crippen LogP contribution is 2.28. The summed E-state index contributed by atoms with van der Waals surface area (Å²) >= 11 is 12.2. The quantitative estimate of drug-likeness (QED) is 0.693. The molecule has 0 atom stereocenters. The Morgan fingerprint density at radius 1 is 1.19 bits per heavy atom. The number of aromatic nitrogens is 2. The largest absolute Gasteiger partial charge is 0.326 e. The molecule has 0 spiro atoms. The molecular weight excluding hydrogens is 373 g/mol. The topological polar surface area (TPSA) is 66.9 Å². The van der Waals surface area contributed by atoms with E-state index in [0.29, 0.717) is 27.7 Å². The zero-order valence-corrected chi connectivity index (χ0v) is 15.4. The lowest BCUT2D eigenvalue weighted by atomic mass is 9.85. The number of anilines is 1. The maximum Gasteiger partial charge on any atom is 0.272 e. The van der Waals surface area contributed by atoms with Gasteiger partial charge < -0.3 is 5.32 Å². The van der Waals surface area contributed by atoms with Crippen molar-refractivity contribution in [1.82, 2.24) is 9.78 Å². The van der Waals surface area contributed by atoms with Gasteiger partial charge >= 0.3 is 0 Å². The number of nitrogens with one attached hydrogen (secondary N) is 2. The number of nitrogens with zero attached hydrogens (tertiary/aromatic N) is 1. The smallest absolute Gasteiger partial charge is 0.272 e. The molecule has 1 heterocycles. The van der Waals surface area contributed by atoms with E-state index in [0.717, 1.165) is 30.3 Å². The van der Waals surface area contributed by atoms with E-state index in [1.54, 1.807) is 22.9 Å². The molecule has 3 aromatic rings. The summed E-state index contributed by atoms with van der Waals surface area (Å²) in [5.41, 5.74) is 2.04. The van der Waals surface area contributed by atoms with Crippen molar-refractivity contribution in [2.45, 2.75) is 25.8 Å². The minimum Gasteiger partial charge on any atom is -0.326 e. The van der Waals surface area contributed by atoms with Crippen LogP contribution in [0, 0.1) is 5.92 Å². The van der Waals surface area contributed by atoms with Crippen LogP contribution in [0.15, 0.2) is 41.2 Å². The third kappa shape index (κ3) is 3.24. The lowest BCUT2D eigenvalue weighted by Crippen LogP contribution is -2.28. The van der Waals surface area contributed by atoms with Crippen molar-refractivity contribution in [3.8, 4) is 0 Å². The molecule has 1 aliphatic rings. The average molecular weight is 390 g/mol. The Balaban J connectivity index is 1.63. The van der Waals surface area contributed by atoms with Crippen LogP contribution < -0.4 is 10.9 Å². The highest BCUT2D eigenvalue weighted by atomic mass is 35.5. The van der Waals surface area contributed by atoms with E-state index >= 15 is 0 Å². The van der Waals surface area contributed by atoms with Gasteiger partial charge in [0, 0.05) is 21.7 Å². The van der Waals surface area contributed by atoms with E-state index in [2.05, 4.69) is 10.4 Å². The van der Waals surface area contributed by atoms with E-state index in [9.17, 15) is 9.59 Å². The number of halogens is 2. The second-order valence-corrected chi connectivity index (χ2v) is 7.46. The minimum absolute atomic E-state index is 0.0272. The molecular formula is C19H17Cl2N3O2. The zero-order chi connectivity index (χ0) is 18.3. The van der Waals surface area contributed by atoms with Gasteiger partial charge in [-0.1, -0.05) is 35.7 Å². The van der Waals surface area contributed by atoms with Gasteiger partial charge in [-0.2, -0.15) is 0 Å². The molecule has 134 valence electrons. The number of hydrogen-bond acceptors (Lipinski definition) is 2. The van der Waals surface area contributed by atoms with E-state index in [4.69, 9.17) is 23.2 Å². The Hall–Kier alpha value is -2.24. The third-order valence-electron chi connectivity index (χ3n) is 4.86. The van der Waals surface area contributed by atoms with E-state index < -0.39 is 0 Å². The maximum atomic E-state index is 12.3. The summed E-state index contributed by atoms with van der Waals surface area (Å²) in [6, 6.07) is 10.6. The molecule has 26 heavy (non-hydrogen) atoms. The number of H-pyrrole nitrogens is 1. The highest BCUT2D eigenvalue weighted by molar-refractivity contribution is 6.35. The first-order valence-corrected chi connectivity index (χ1v) is 9.24. The van der Waals surface area contributed by atoms with Crippen molar-refractivity contribution in [3.63, 3.8) is 0 Å².